The summed E-state index contributed by atoms with van der Waals surface area (Å²) >= 11 is 0. The van der Waals surface area contributed by atoms with Crippen LogP contribution in [0.3, 0.4) is 0 Å². The van der Waals surface area contributed by atoms with Gasteiger partial charge >= 0.3 is 0 Å². The molecule has 3 aromatic rings. The summed E-state index contributed by atoms with van der Waals surface area (Å²) in [6.45, 7) is 0.741. The number of aromatic nitrogens is 4. The molecule has 0 radical (unpaired) electrons. The minimum Gasteiger partial charge on any atom is -0.365 e. The van der Waals surface area contributed by atoms with Gasteiger partial charge < -0.3 is 20.9 Å². The number of imidazole rings is 1. The average Bonchev–Trinajstić information content (AvgIpc) is 3.61. The predicted molar refractivity (Wildman–Crippen MR) is 163 cm³/mol. The highest BCUT2D eigenvalue weighted by Gasteiger charge is 2.31. The third-order valence-electron chi connectivity index (χ3n) is 8.49. The lowest BCUT2D eigenvalue weighted by molar-refractivity contribution is 0.329. The van der Waals surface area contributed by atoms with Gasteiger partial charge in [-0.1, -0.05) is 12.8 Å². The molecule has 1 aromatic carbocycles. The lowest BCUT2D eigenvalue weighted by atomic mass is 9.92. The zero-order valence-corrected chi connectivity index (χ0v) is 25.4. The van der Waals surface area contributed by atoms with Crippen molar-refractivity contribution in [3.8, 4) is 0 Å². The Kier molecular flexibility index (Phi) is 10.3. The van der Waals surface area contributed by atoms with Crippen molar-refractivity contribution in [1.29, 1.82) is 0 Å². The number of nitrogens with one attached hydrogen (secondary N) is 2. The van der Waals surface area contributed by atoms with Crippen molar-refractivity contribution in [2.75, 3.05) is 23.7 Å². The van der Waals surface area contributed by atoms with E-state index >= 15 is 0 Å². The number of halogens is 3. The normalized spacial score (nSPS) is 22.7. The summed E-state index contributed by atoms with van der Waals surface area (Å²) in [7, 11) is -3.66. The van der Waals surface area contributed by atoms with E-state index in [0.29, 0.717) is 43.7 Å². The molecule has 2 aromatic heterocycles. The van der Waals surface area contributed by atoms with Gasteiger partial charge in [0.1, 0.15) is 5.82 Å². The van der Waals surface area contributed by atoms with Crippen LogP contribution in [0.4, 0.5) is 16.2 Å². The van der Waals surface area contributed by atoms with Crippen LogP contribution in [0.1, 0.15) is 70.3 Å². The zero-order valence-electron chi connectivity index (χ0n) is 22.9. The lowest BCUT2D eigenvalue weighted by Crippen LogP contribution is -2.42. The van der Waals surface area contributed by atoms with E-state index in [0.717, 1.165) is 49.7 Å². The van der Waals surface area contributed by atoms with Gasteiger partial charge in [0.05, 0.1) is 11.2 Å². The second-order valence-corrected chi connectivity index (χ2v) is 13.1. The highest BCUT2D eigenvalue weighted by molar-refractivity contribution is 7.89. The molecule has 3 heterocycles. The smallest absolute Gasteiger partial charge is 0.243 e. The number of benzene rings is 1. The van der Waals surface area contributed by atoms with Crippen molar-refractivity contribution >= 4 is 57.8 Å². The first kappa shape index (κ1) is 31.7. The minimum atomic E-state index is -3.66. The largest absolute Gasteiger partial charge is 0.365 e. The Hall–Kier alpha value is -2.25. The van der Waals surface area contributed by atoms with Crippen molar-refractivity contribution in [2.45, 2.75) is 93.3 Å². The summed E-state index contributed by atoms with van der Waals surface area (Å²) in [5.74, 6) is 0.831. The third kappa shape index (κ3) is 6.88. The second kappa shape index (κ2) is 13.4. The maximum absolute atomic E-state index is 13.3. The van der Waals surface area contributed by atoms with Gasteiger partial charge in [0, 0.05) is 37.3 Å². The summed E-state index contributed by atoms with van der Waals surface area (Å²) < 4.78 is 43.1. The van der Waals surface area contributed by atoms with Gasteiger partial charge in [-0.05, 0) is 75.6 Å². The molecule has 1 saturated heterocycles. The Balaban J connectivity index is 0.00000194. The Morgan fingerprint density at radius 1 is 0.854 bits per heavy atom. The topological polar surface area (TPSA) is 131 Å². The number of hydrogen-bond acceptors (Lipinski definition) is 8. The number of nitrogens with zero attached hydrogens (tertiary/aromatic N) is 5. The predicted octanol–water partition coefficient (Wildman–Crippen LogP) is 4.87. The van der Waals surface area contributed by atoms with Crippen LogP contribution in [0.25, 0.3) is 11.2 Å². The number of piperidine rings is 1. The monoisotopic (exact) mass is 628 g/mol. The maximum Gasteiger partial charge on any atom is 0.243 e. The summed E-state index contributed by atoms with van der Waals surface area (Å²) in [4.78, 5) is 14.6. The number of rotatable bonds is 7. The quantitative estimate of drug-likeness (QED) is 0.338. The van der Waals surface area contributed by atoms with Crippen molar-refractivity contribution in [1.82, 2.24) is 23.8 Å². The first-order valence-corrected chi connectivity index (χ1v) is 15.6. The Morgan fingerprint density at radius 2 is 1.49 bits per heavy atom. The molecule has 3 aliphatic rings. The minimum absolute atomic E-state index is 0. The molecule has 14 heteroatoms. The molecule has 0 amide bonds. The molecule has 226 valence electrons. The number of hydrogen-bond donors (Lipinski definition) is 3. The highest BCUT2D eigenvalue weighted by Crippen LogP contribution is 2.34. The molecule has 0 spiro atoms. The SMILES string of the molecule is Cl.Cl.NC1CCC(Nc2nc(NC3CCN(S(=O)(=O)c4ccc(F)cc4)CC3)c3ncn(C4CCCC4)c3n2)CC1. The summed E-state index contributed by atoms with van der Waals surface area (Å²) in [5, 5.41) is 7.13. The van der Waals surface area contributed by atoms with Crippen LogP contribution in [0.5, 0.6) is 0 Å². The van der Waals surface area contributed by atoms with E-state index < -0.39 is 15.8 Å². The molecule has 0 atom stereocenters. The molecule has 0 bridgehead atoms. The maximum atomic E-state index is 13.3. The standard InChI is InChI=1S/C27H37FN8O2S.2ClH/c28-18-5-11-23(12-6-18)39(37,38)35-15-13-21(14-16-35)31-25-24-26(36(17-30-24)22-3-1-2-4-22)34-27(33-25)32-20-9-7-19(29)8-10-20;;/h5-6,11-12,17,19-22H,1-4,7-10,13-16,29H2,(H2,31,32,33,34);2*1H. The van der Waals surface area contributed by atoms with Gasteiger partial charge in [0.15, 0.2) is 17.0 Å². The van der Waals surface area contributed by atoms with E-state index in [1.165, 1.54) is 41.4 Å². The molecule has 1 aliphatic heterocycles. The average molecular weight is 630 g/mol. The Labute approximate surface area is 253 Å². The number of nitrogens with two attached hydrogens (primary N) is 1. The van der Waals surface area contributed by atoms with Crippen LogP contribution in [0.15, 0.2) is 35.5 Å². The van der Waals surface area contributed by atoms with Crippen LogP contribution in [0, 0.1) is 5.82 Å². The Bertz CT molecular complexity index is 1400. The molecular weight excluding hydrogens is 590 g/mol. The van der Waals surface area contributed by atoms with Gasteiger partial charge in [-0.15, -0.1) is 24.8 Å². The van der Waals surface area contributed by atoms with Crippen LogP contribution >= 0.6 is 24.8 Å². The molecule has 10 nitrogen and oxygen atoms in total. The van der Waals surface area contributed by atoms with E-state index in [1.807, 2.05) is 6.33 Å². The highest BCUT2D eigenvalue weighted by atomic mass is 35.5. The van der Waals surface area contributed by atoms with Gasteiger partial charge in [-0.3, -0.25) is 0 Å². The first-order valence-electron chi connectivity index (χ1n) is 14.2. The number of fused-ring (bicyclic) bond motifs is 1. The molecule has 3 fully saturated rings. The second-order valence-electron chi connectivity index (χ2n) is 11.2. The van der Waals surface area contributed by atoms with E-state index in [1.54, 1.807) is 0 Å². The Morgan fingerprint density at radius 3 is 2.15 bits per heavy atom. The van der Waals surface area contributed by atoms with Crippen molar-refractivity contribution in [3.63, 3.8) is 0 Å². The fraction of sp³-hybridized carbons (Fsp3) is 0.593. The first-order chi connectivity index (χ1) is 18.9. The van der Waals surface area contributed by atoms with E-state index in [2.05, 4.69) is 15.2 Å². The fourth-order valence-corrected chi connectivity index (χ4v) is 7.64. The fourth-order valence-electron chi connectivity index (χ4n) is 6.17. The van der Waals surface area contributed by atoms with Crippen molar-refractivity contribution in [3.05, 3.63) is 36.4 Å². The number of anilines is 2. The molecule has 0 unspecified atom stereocenters. The molecular formula is C27H39Cl2FN8O2S. The molecule has 4 N–H and O–H groups in total. The van der Waals surface area contributed by atoms with Crippen molar-refractivity contribution in [2.24, 2.45) is 5.73 Å². The molecule has 2 saturated carbocycles. The van der Waals surface area contributed by atoms with Gasteiger partial charge in [0.25, 0.3) is 0 Å². The van der Waals surface area contributed by atoms with Crippen molar-refractivity contribution < 1.29 is 12.8 Å². The summed E-state index contributed by atoms with van der Waals surface area (Å²) in [6.07, 6.45) is 11.8. The third-order valence-corrected chi connectivity index (χ3v) is 10.4. The van der Waals surface area contributed by atoms with E-state index in [-0.39, 0.29) is 47.8 Å². The summed E-state index contributed by atoms with van der Waals surface area (Å²) in [5.41, 5.74) is 7.70. The molecule has 41 heavy (non-hydrogen) atoms. The van der Waals surface area contributed by atoms with Crippen LogP contribution in [-0.2, 0) is 10.0 Å². The lowest BCUT2D eigenvalue weighted by Gasteiger charge is -2.32. The van der Waals surface area contributed by atoms with Gasteiger partial charge in [-0.25, -0.2) is 17.8 Å². The summed E-state index contributed by atoms with van der Waals surface area (Å²) in [6, 6.07) is 6.00. The van der Waals surface area contributed by atoms with Gasteiger partial charge in [0.2, 0.25) is 16.0 Å². The van der Waals surface area contributed by atoms with E-state index in [4.69, 9.17) is 20.7 Å². The van der Waals surface area contributed by atoms with Crippen LogP contribution < -0.4 is 16.4 Å². The van der Waals surface area contributed by atoms with Gasteiger partial charge in [-0.2, -0.15) is 14.3 Å². The van der Waals surface area contributed by atoms with Crippen LogP contribution in [0.2, 0.25) is 0 Å². The van der Waals surface area contributed by atoms with E-state index in [9.17, 15) is 12.8 Å². The molecule has 2 aliphatic carbocycles. The zero-order chi connectivity index (χ0) is 27.0. The van der Waals surface area contributed by atoms with Crippen LogP contribution in [-0.4, -0.2) is 63.5 Å². The molecule has 6 rings (SSSR count). The number of sulfonamides is 1.